The Morgan fingerprint density at radius 2 is 1.93 bits per heavy atom. The van der Waals surface area contributed by atoms with Gasteiger partial charge in [-0.15, -0.1) is 0 Å². The van der Waals surface area contributed by atoms with Crippen molar-refractivity contribution in [1.29, 1.82) is 0 Å². The molecule has 1 aliphatic carbocycles. The number of carbonyl (C=O) groups is 3. The van der Waals surface area contributed by atoms with Crippen LogP contribution in [0.1, 0.15) is 44.6 Å². The molecule has 0 saturated heterocycles. The number of nitrogens with one attached hydrogen (secondary N) is 2. The number of hydrogen-bond donors (Lipinski definition) is 2. The fraction of sp³-hybridized carbons (Fsp3) is 0.476. The zero-order chi connectivity index (χ0) is 21.9. The van der Waals surface area contributed by atoms with Crippen LogP contribution >= 0.6 is 11.6 Å². The third kappa shape index (κ3) is 7.59. The topological polar surface area (TPSA) is 103 Å². The van der Waals surface area contributed by atoms with Gasteiger partial charge in [-0.3, -0.25) is 10.1 Å². The fourth-order valence-corrected chi connectivity index (χ4v) is 3.42. The van der Waals surface area contributed by atoms with Crippen LogP contribution in [0.15, 0.2) is 18.2 Å². The molecule has 1 aliphatic rings. The minimum Gasteiger partial charge on any atom is -0.491 e. The highest BCUT2D eigenvalue weighted by Gasteiger charge is 2.17. The summed E-state index contributed by atoms with van der Waals surface area (Å²) in [6.45, 7) is 1.69. The maximum atomic E-state index is 11.9. The van der Waals surface area contributed by atoms with Crippen LogP contribution in [0.2, 0.25) is 5.02 Å². The van der Waals surface area contributed by atoms with Crippen molar-refractivity contribution in [3.63, 3.8) is 0 Å². The van der Waals surface area contributed by atoms with E-state index in [-0.39, 0.29) is 6.04 Å². The molecule has 0 aromatic heterocycles. The number of amides is 3. The molecule has 1 aromatic carbocycles. The molecule has 0 unspecified atom stereocenters. The minimum absolute atomic E-state index is 0.0786. The molecule has 3 amide bonds. The number of hydrogen-bond acceptors (Lipinski definition) is 6. The van der Waals surface area contributed by atoms with Crippen LogP contribution in [0, 0.1) is 0 Å². The zero-order valence-electron chi connectivity index (χ0n) is 17.2. The zero-order valence-corrected chi connectivity index (χ0v) is 17.9. The van der Waals surface area contributed by atoms with Gasteiger partial charge in [0.15, 0.2) is 18.1 Å². The Morgan fingerprint density at radius 1 is 1.20 bits per heavy atom. The van der Waals surface area contributed by atoms with Crippen molar-refractivity contribution in [3.8, 4) is 11.5 Å². The van der Waals surface area contributed by atoms with Gasteiger partial charge in [0.1, 0.15) is 0 Å². The predicted molar refractivity (Wildman–Crippen MR) is 113 cm³/mol. The number of imide groups is 1. The maximum absolute atomic E-state index is 11.9. The second-order valence-electron chi connectivity index (χ2n) is 6.76. The lowest BCUT2D eigenvalue weighted by Crippen LogP contribution is -2.46. The summed E-state index contributed by atoms with van der Waals surface area (Å²) in [7, 11) is 1.48. The molecule has 30 heavy (non-hydrogen) atoms. The summed E-state index contributed by atoms with van der Waals surface area (Å²) in [5.41, 5.74) is 0.595. The van der Waals surface area contributed by atoms with Crippen LogP contribution in [0.4, 0.5) is 4.79 Å². The number of carbonyl (C=O) groups excluding carboxylic acids is 3. The van der Waals surface area contributed by atoms with Crippen molar-refractivity contribution in [3.05, 3.63) is 28.8 Å². The average molecular weight is 439 g/mol. The van der Waals surface area contributed by atoms with Gasteiger partial charge >= 0.3 is 12.0 Å². The summed E-state index contributed by atoms with van der Waals surface area (Å²) < 4.78 is 15.5. The highest BCUT2D eigenvalue weighted by atomic mass is 35.5. The monoisotopic (exact) mass is 438 g/mol. The molecule has 0 spiro atoms. The quantitative estimate of drug-likeness (QED) is 0.476. The number of urea groups is 1. The van der Waals surface area contributed by atoms with Crippen LogP contribution in [0.5, 0.6) is 11.5 Å². The first-order valence-electron chi connectivity index (χ1n) is 9.88. The lowest BCUT2D eigenvalue weighted by atomic mass is 9.96. The molecule has 1 saturated carbocycles. The fourth-order valence-electron chi connectivity index (χ4n) is 3.13. The number of ether oxygens (including phenoxy) is 3. The Labute approximate surface area is 180 Å². The Kier molecular flexibility index (Phi) is 9.47. The average Bonchev–Trinajstić information content (AvgIpc) is 2.71. The SMILES string of the molecule is CCOc1cc(/C=C/C(=O)OCC(=O)NC(=O)NC2CCCCC2)cc(Cl)c1OC. The van der Waals surface area contributed by atoms with Crippen molar-refractivity contribution < 1.29 is 28.6 Å². The first-order valence-corrected chi connectivity index (χ1v) is 10.3. The molecule has 1 aromatic rings. The van der Waals surface area contributed by atoms with Crippen molar-refractivity contribution in [2.75, 3.05) is 20.3 Å². The maximum Gasteiger partial charge on any atom is 0.331 e. The van der Waals surface area contributed by atoms with Crippen LogP contribution in [-0.2, 0) is 14.3 Å². The molecule has 8 nitrogen and oxygen atoms in total. The van der Waals surface area contributed by atoms with E-state index in [1.54, 1.807) is 12.1 Å². The molecular weight excluding hydrogens is 412 g/mol. The number of methoxy groups -OCH3 is 1. The Hall–Kier alpha value is -2.74. The van der Waals surface area contributed by atoms with Crippen LogP contribution in [0.25, 0.3) is 6.08 Å². The molecule has 0 heterocycles. The summed E-state index contributed by atoms with van der Waals surface area (Å²) >= 11 is 6.16. The van der Waals surface area contributed by atoms with Gasteiger partial charge in [-0.25, -0.2) is 9.59 Å². The highest BCUT2D eigenvalue weighted by molar-refractivity contribution is 6.32. The summed E-state index contributed by atoms with van der Waals surface area (Å²) in [5, 5.41) is 5.25. The Morgan fingerprint density at radius 3 is 2.60 bits per heavy atom. The van der Waals surface area contributed by atoms with Gasteiger partial charge in [-0.2, -0.15) is 0 Å². The number of halogens is 1. The molecule has 9 heteroatoms. The Balaban J connectivity index is 1.81. The summed E-state index contributed by atoms with van der Waals surface area (Å²) in [5.74, 6) is -0.579. The smallest absolute Gasteiger partial charge is 0.331 e. The van der Waals surface area contributed by atoms with Gasteiger partial charge < -0.3 is 19.5 Å². The van der Waals surface area contributed by atoms with Crippen molar-refractivity contribution >= 4 is 35.6 Å². The lowest BCUT2D eigenvalue weighted by molar-refractivity contribution is -0.143. The number of rotatable bonds is 8. The molecule has 0 aliphatic heterocycles. The van der Waals surface area contributed by atoms with Crippen molar-refractivity contribution in [2.45, 2.75) is 45.1 Å². The third-order valence-electron chi connectivity index (χ3n) is 4.49. The molecule has 164 valence electrons. The van der Waals surface area contributed by atoms with E-state index in [9.17, 15) is 14.4 Å². The van der Waals surface area contributed by atoms with E-state index < -0.39 is 24.5 Å². The van der Waals surface area contributed by atoms with Gasteiger partial charge in [-0.05, 0) is 43.5 Å². The standard InChI is InChI=1S/C21H27ClN2O6/c1-3-29-17-12-14(11-16(22)20(17)28-2)9-10-19(26)30-13-18(25)24-21(27)23-15-7-5-4-6-8-15/h9-12,15H,3-8,13H2,1-2H3,(H2,23,24,25,27)/b10-9+. The summed E-state index contributed by atoms with van der Waals surface area (Å²) in [6, 6.07) is 2.78. The second-order valence-corrected chi connectivity index (χ2v) is 7.17. The van der Waals surface area contributed by atoms with E-state index in [4.69, 9.17) is 25.8 Å². The molecule has 0 atom stereocenters. The predicted octanol–water partition coefficient (Wildman–Crippen LogP) is 3.46. The van der Waals surface area contributed by atoms with E-state index in [0.29, 0.717) is 28.7 Å². The van der Waals surface area contributed by atoms with Gasteiger partial charge in [0.05, 0.1) is 18.7 Å². The molecule has 0 bridgehead atoms. The van der Waals surface area contributed by atoms with Crippen LogP contribution in [-0.4, -0.2) is 44.3 Å². The van der Waals surface area contributed by atoms with Crippen molar-refractivity contribution in [1.82, 2.24) is 10.6 Å². The third-order valence-corrected chi connectivity index (χ3v) is 4.77. The molecule has 0 radical (unpaired) electrons. The number of esters is 1. The molecule has 2 rings (SSSR count). The van der Waals surface area contributed by atoms with E-state index >= 15 is 0 Å². The van der Waals surface area contributed by atoms with Crippen LogP contribution in [0.3, 0.4) is 0 Å². The lowest BCUT2D eigenvalue weighted by Gasteiger charge is -2.22. The van der Waals surface area contributed by atoms with E-state index in [0.717, 1.165) is 38.2 Å². The largest absolute Gasteiger partial charge is 0.491 e. The molecule has 2 N–H and O–H groups in total. The van der Waals surface area contributed by atoms with Crippen LogP contribution < -0.4 is 20.1 Å². The second kappa shape index (κ2) is 12.1. The van der Waals surface area contributed by atoms with E-state index in [2.05, 4.69) is 10.6 Å². The minimum atomic E-state index is -0.734. The molecular formula is C21H27ClN2O6. The highest BCUT2D eigenvalue weighted by Crippen LogP contribution is 2.36. The van der Waals surface area contributed by atoms with Gasteiger partial charge in [0.2, 0.25) is 0 Å². The summed E-state index contributed by atoms with van der Waals surface area (Å²) in [4.78, 5) is 35.5. The van der Waals surface area contributed by atoms with Gasteiger partial charge in [0, 0.05) is 12.1 Å². The first kappa shape index (κ1) is 23.5. The van der Waals surface area contributed by atoms with Crippen molar-refractivity contribution in [2.24, 2.45) is 0 Å². The molecule has 1 fully saturated rings. The van der Waals surface area contributed by atoms with Gasteiger partial charge in [0.25, 0.3) is 5.91 Å². The number of benzene rings is 1. The summed E-state index contributed by atoms with van der Waals surface area (Å²) in [6.07, 6.45) is 7.73. The van der Waals surface area contributed by atoms with Gasteiger partial charge in [-0.1, -0.05) is 30.9 Å². The van der Waals surface area contributed by atoms with E-state index in [1.807, 2.05) is 6.92 Å². The normalized spacial score (nSPS) is 14.2. The first-order chi connectivity index (χ1) is 14.4. The Bertz CT molecular complexity index is 790. The van der Waals surface area contributed by atoms with E-state index in [1.165, 1.54) is 13.2 Å².